The first kappa shape index (κ1) is 21.8. The second-order valence-electron chi connectivity index (χ2n) is 7.04. The highest BCUT2D eigenvalue weighted by molar-refractivity contribution is 7.90. The number of aromatic nitrogens is 3. The molecule has 31 heavy (non-hydrogen) atoms. The van der Waals surface area contributed by atoms with Gasteiger partial charge in [-0.15, -0.1) is 11.3 Å². The van der Waals surface area contributed by atoms with E-state index in [0.717, 1.165) is 39.8 Å². The molecule has 0 atom stereocenters. The molecule has 4 rings (SSSR count). The number of imidazole rings is 1. The number of sulfonamides is 1. The zero-order valence-corrected chi connectivity index (χ0v) is 18.4. The normalized spacial score (nSPS) is 16.0. The van der Waals surface area contributed by atoms with E-state index in [1.165, 1.54) is 17.4 Å². The molecule has 4 heterocycles. The van der Waals surface area contributed by atoms with E-state index < -0.39 is 15.5 Å². The van der Waals surface area contributed by atoms with Gasteiger partial charge in [-0.1, -0.05) is 13.0 Å². The molecule has 0 unspecified atom stereocenters. The summed E-state index contributed by atoms with van der Waals surface area (Å²) in [7, 11) is -3.41. The molecular weight excluding hydrogens is 451 g/mol. The van der Waals surface area contributed by atoms with Crippen LogP contribution in [0.1, 0.15) is 24.6 Å². The summed E-state index contributed by atoms with van der Waals surface area (Å²) >= 11 is 1.50. The zero-order chi connectivity index (χ0) is 22.4. The van der Waals surface area contributed by atoms with Crippen LogP contribution in [0.5, 0.6) is 0 Å². The number of hydrogen-bond donors (Lipinski definition) is 0. The van der Waals surface area contributed by atoms with Crippen LogP contribution in [-0.4, -0.2) is 52.7 Å². The van der Waals surface area contributed by atoms with Crippen LogP contribution in [0.2, 0.25) is 0 Å². The third-order valence-corrected chi connectivity index (χ3v) is 7.64. The van der Waals surface area contributed by atoms with E-state index in [1.807, 2.05) is 47.0 Å². The average molecular weight is 472 g/mol. The van der Waals surface area contributed by atoms with Crippen molar-refractivity contribution in [1.82, 2.24) is 18.7 Å². The number of halogens is 3. The van der Waals surface area contributed by atoms with Gasteiger partial charge in [0.2, 0.25) is 0 Å². The molecule has 0 aliphatic carbocycles. The molecule has 0 saturated carbocycles. The van der Waals surface area contributed by atoms with E-state index in [2.05, 4.69) is 9.97 Å². The number of anilines is 2. The summed E-state index contributed by atoms with van der Waals surface area (Å²) in [6.07, 6.45) is 6.06. The molecule has 12 heteroatoms. The topological polar surface area (TPSA) is 70.8 Å². The SMILES string of the molecule is CCc1nc2ccc(C3=CCN(S(=O)(=O)C(F)(F)F)CC3)cn2c1N(C)c1nccs1. The van der Waals surface area contributed by atoms with Gasteiger partial charge in [0.15, 0.2) is 5.13 Å². The maximum Gasteiger partial charge on any atom is 0.511 e. The number of nitrogens with zero attached hydrogens (tertiary/aromatic N) is 5. The molecule has 166 valence electrons. The van der Waals surface area contributed by atoms with Crippen LogP contribution in [0, 0.1) is 0 Å². The average Bonchev–Trinajstić information content (AvgIpc) is 3.40. The summed E-state index contributed by atoms with van der Waals surface area (Å²) in [5, 5.41) is 2.70. The molecule has 0 spiro atoms. The summed E-state index contributed by atoms with van der Waals surface area (Å²) in [5.41, 5.74) is -2.04. The number of hydrogen-bond acceptors (Lipinski definition) is 6. The summed E-state index contributed by atoms with van der Waals surface area (Å²) in [6.45, 7) is 1.48. The van der Waals surface area contributed by atoms with E-state index in [4.69, 9.17) is 0 Å². The Balaban J connectivity index is 1.70. The molecule has 0 fully saturated rings. The number of fused-ring (bicyclic) bond motifs is 1. The first-order valence-electron chi connectivity index (χ1n) is 9.53. The van der Waals surface area contributed by atoms with E-state index >= 15 is 0 Å². The molecule has 3 aromatic heterocycles. The molecule has 0 bridgehead atoms. The highest BCUT2D eigenvalue weighted by Gasteiger charge is 2.49. The molecule has 0 radical (unpaired) electrons. The number of thiazole rings is 1. The molecule has 0 amide bonds. The van der Waals surface area contributed by atoms with Gasteiger partial charge in [-0.2, -0.15) is 17.5 Å². The molecule has 0 N–H and O–H groups in total. The first-order valence-corrected chi connectivity index (χ1v) is 11.9. The maximum atomic E-state index is 12.8. The zero-order valence-electron chi connectivity index (χ0n) is 16.8. The molecule has 1 aliphatic rings. The fourth-order valence-electron chi connectivity index (χ4n) is 3.61. The maximum absolute atomic E-state index is 12.8. The summed E-state index contributed by atoms with van der Waals surface area (Å²) in [4.78, 5) is 11.0. The predicted octanol–water partition coefficient (Wildman–Crippen LogP) is 4.06. The number of aryl methyl sites for hydroxylation is 1. The lowest BCUT2D eigenvalue weighted by Crippen LogP contribution is -2.42. The van der Waals surface area contributed by atoms with Gasteiger partial charge >= 0.3 is 15.5 Å². The second kappa shape index (κ2) is 7.92. The largest absolute Gasteiger partial charge is 0.511 e. The molecule has 0 aromatic carbocycles. The number of pyridine rings is 1. The van der Waals surface area contributed by atoms with E-state index in [-0.39, 0.29) is 19.5 Å². The van der Waals surface area contributed by atoms with Crippen molar-refractivity contribution >= 4 is 43.5 Å². The van der Waals surface area contributed by atoms with Crippen molar-refractivity contribution in [3.05, 3.63) is 47.2 Å². The van der Waals surface area contributed by atoms with Crippen LogP contribution >= 0.6 is 11.3 Å². The van der Waals surface area contributed by atoms with Crippen molar-refractivity contribution in [2.45, 2.75) is 25.3 Å². The van der Waals surface area contributed by atoms with Crippen LogP contribution in [0.4, 0.5) is 24.1 Å². The third kappa shape index (κ3) is 3.83. The summed E-state index contributed by atoms with van der Waals surface area (Å²) < 4.78 is 64.1. The Labute approximate surface area is 181 Å². The fourth-order valence-corrected chi connectivity index (χ4v) is 5.12. The van der Waals surface area contributed by atoms with Crippen molar-refractivity contribution in [2.75, 3.05) is 25.0 Å². The molecule has 0 saturated heterocycles. The van der Waals surface area contributed by atoms with Crippen LogP contribution in [0.25, 0.3) is 11.2 Å². The van der Waals surface area contributed by atoms with Crippen molar-refractivity contribution in [2.24, 2.45) is 0 Å². The van der Waals surface area contributed by atoms with Crippen LogP contribution in [0.15, 0.2) is 36.0 Å². The Morgan fingerprint density at radius 1 is 1.29 bits per heavy atom. The third-order valence-electron chi connectivity index (χ3n) is 5.20. The van der Waals surface area contributed by atoms with Crippen LogP contribution < -0.4 is 4.90 Å². The molecule has 3 aromatic rings. The molecule has 1 aliphatic heterocycles. The van der Waals surface area contributed by atoms with Crippen molar-refractivity contribution < 1.29 is 21.6 Å². The summed E-state index contributed by atoms with van der Waals surface area (Å²) in [6, 6.07) is 3.71. The van der Waals surface area contributed by atoms with Gasteiger partial charge < -0.3 is 4.90 Å². The van der Waals surface area contributed by atoms with Gasteiger partial charge in [0.05, 0.1) is 5.69 Å². The monoisotopic (exact) mass is 471 g/mol. The van der Waals surface area contributed by atoms with Gasteiger partial charge in [-0.05, 0) is 36.1 Å². The van der Waals surface area contributed by atoms with Crippen LogP contribution in [0.3, 0.4) is 0 Å². The van der Waals surface area contributed by atoms with E-state index in [9.17, 15) is 21.6 Å². The smallest absolute Gasteiger partial charge is 0.305 e. The Morgan fingerprint density at radius 2 is 2.06 bits per heavy atom. The quantitative estimate of drug-likeness (QED) is 0.561. The Bertz CT molecular complexity index is 1230. The number of alkyl halides is 3. The number of rotatable bonds is 5. The molecular formula is C19H20F3N5O2S2. The lowest BCUT2D eigenvalue weighted by molar-refractivity contribution is -0.0486. The highest BCUT2D eigenvalue weighted by atomic mass is 32.2. The van der Waals surface area contributed by atoms with Gasteiger partial charge in [0.25, 0.3) is 0 Å². The van der Waals surface area contributed by atoms with Gasteiger partial charge in [0, 0.05) is 37.9 Å². The van der Waals surface area contributed by atoms with Crippen molar-refractivity contribution in [3.8, 4) is 0 Å². The Hall–Kier alpha value is -2.44. The standard InChI is InChI=1S/C19H20F3N5O2S2/c1-3-15-17(25(2)18-23-8-11-30-18)27-12-14(4-5-16(27)24-15)13-6-9-26(10-7-13)31(28,29)19(20,21)22/h4-6,8,11-12H,3,7,9-10H2,1-2H3. The highest BCUT2D eigenvalue weighted by Crippen LogP contribution is 2.33. The van der Waals surface area contributed by atoms with Gasteiger partial charge in [0.1, 0.15) is 11.5 Å². The van der Waals surface area contributed by atoms with E-state index in [1.54, 1.807) is 6.20 Å². The first-order chi connectivity index (χ1) is 14.6. The van der Waals surface area contributed by atoms with Crippen molar-refractivity contribution in [1.29, 1.82) is 0 Å². The Kier molecular flexibility index (Phi) is 5.56. The molecule has 7 nitrogen and oxygen atoms in total. The van der Waals surface area contributed by atoms with Crippen LogP contribution in [-0.2, 0) is 16.4 Å². The minimum absolute atomic E-state index is 0.188. The van der Waals surface area contributed by atoms with Crippen molar-refractivity contribution in [3.63, 3.8) is 0 Å². The second-order valence-corrected chi connectivity index (χ2v) is 9.85. The Morgan fingerprint density at radius 3 is 2.65 bits per heavy atom. The van der Waals surface area contributed by atoms with E-state index in [0.29, 0.717) is 4.31 Å². The lowest BCUT2D eigenvalue weighted by Gasteiger charge is -2.26. The van der Waals surface area contributed by atoms with Gasteiger partial charge in [-0.3, -0.25) is 4.40 Å². The van der Waals surface area contributed by atoms with Gasteiger partial charge in [-0.25, -0.2) is 18.4 Å². The summed E-state index contributed by atoms with van der Waals surface area (Å²) in [5.74, 6) is 0.868. The minimum atomic E-state index is -5.32. The minimum Gasteiger partial charge on any atom is -0.305 e. The lowest BCUT2D eigenvalue weighted by atomic mass is 10.0. The predicted molar refractivity (Wildman–Crippen MR) is 114 cm³/mol. The fraction of sp³-hybridized carbons (Fsp3) is 0.368.